The van der Waals surface area contributed by atoms with Crippen molar-refractivity contribution in [2.75, 3.05) is 33.1 Å². The van der Waals surface area contributed by atoms with E-state index in [0.717, 1.165) is 17.0 Å². The molecule has 7 heteroatoms. The van der Waals surface area contributed by atoms with Gasteiger partial charge < -0.3 is 19.1 Å². The van der Waals surface area contributed by atoms with Gasteiger partial charge in [-0.05, 0) is 24.3 Å². The maximum absolute atomic E-state index is 12.5. The largest absolute Gasteiger partial charge is 0.454 e. The monoisotopic (exact) mass is 315 g/mol. The summed E-state index contributed by atoms with van der Waals surface area (Å²) in [6.07, 6.45) is 0. The van der Waals surface area contributed by atoms with E-state index < -0.39 is 0 Å². The summed E-state index contributed by atoms with van der Waals surface area (Å²) in [6.45, 7) is 2.61. The average Bonchev–Trinajstić information content (AvgIpc) is 3.20. The van der Waals surface area contributed by atoms with Gasteiger partial charge in [-0.1, -0.05) is 0 Å². The van der Waals surface area contributed by atoms with Gasteiger partial charge in [0.25, 0.3) is 5.91 Å². The molecule has 2 aliphatic heterocycles. The Morgan fingerprint density at radius 1 is 1.13 bits per heavy atom. The lowest BCUT2D eigenvalue weighted by atomic mass is 10.1. The van der Waals surface area contributed by atoms with Gasteiger partial charge in [-0.3, -0.25) is 9.48 Å². The Balaban J connectivity index is 1.63. The molecule has 0 atom stereocenters. The number of hydrogen-bond acceptors (Lipinski definition) is 5. The number of ether oxygens (including phenoxy) is 3. The Bertz CT molecular complexity index is 750. The van der Waals surface area contributed by atoms with E-state index in [4.69, 9.17) is 14.2 Å². The van der Waals surface area contributed by atoms with E-state index in [1.54, 1.807) is 9.58 Å². The van der Waals surface area contributed by atoms with Gasteiger partial charge in [0.2, 0.25) is 6.79 Å². The zero-order valence-corrected chi connectivity index (χ0v) is 12.8. The predicted octanol–water partition coefficient (Wildman–Crippen LogP) is 1.29. The van der Waals surface area contributed by atoms with Crippen molar-refractivity contribution in [2.24, 2.45) is 7.05 Å². The second-order valence-corrected chi connectivity index (χ2v) is 5.51. The van der Waals surface area contributed by atoms with Crippen LogP contribution in [-0.4, -0.2) is 53.7 Å². The molecule has 0 spiro atoms. The van der Waals surface area contributed by atoms with Crippen LogP contribution in [0, 0.1) is 0 Å². The Morgan fingerprint density at radius 3 is 2.74 bits per heavy atom. The van der Waals surface area contributed by atoms with Crippen LogP contribution in [0.25, 0.3) is 11.3 Å². The molecular formula is C16H17N3O4. The van der Waals surface area contributed by atoms with Gasteiger partial charge in [0, 0.05) is 25.7 Å². The van der Waals surface area contributed by atoms with E-state index >= 15 is 0 Å². The van der Waals surface area contributed by atoms with Crippen molar-refractivity contribution in [2.45, 2.75) is 0 Å². The highest BCUT2D eigenvalue weighted by Crippen LogP contribution is 2.35. The van der Waals surface area contributed by atoms with Crippen molar-refractivity contribution >= 4 is 5.91 Å². The lowest BCUT2D eigenvalue weighted by molar-refractivity contribution is 0.0298. The number of fused-ring (bicyclic) bond motifs is 1. The molecule has 0 aliphatic carbocycles. The molecular weight excluding hydrogens is 298 g/mol. The van der Waals surface area contributed by atoms with Crippen molar-refractivity contribution in [1.29, 1.82) is 0 Å². The lowest BCUT2D eigenvalue weighted by Gasteiger charge is -2.25. The Kier molecular flexibility index (Phi) is 3.42. The molecule has 2 aromatic rings. The molecule has 23 heavy (non-hydrogen) atoms. The quantitative estimate of drug-likeness (QED) is 0.835. The molecule has 1 saturated heterocycles. The van der Waals surface area contributed by atoms with Crippen molar-refractivity contribution < 1.29 is 19.0 Å². The fraction of sp³-hybridized carbons (Fsp3) is 0.375. The predicted molar refractivity (Wildman–Crippen MR) is 81.5 cm³/mol. The molecule has 1 fully saturated rings. The molecule has 0 N–H and O–H groups in total. The number of nitrogens with zero attached hydrogens (tertiary/aromatic N) is 3. The zero-order chi connectivity index (χ0) is 15.8. The second-order valence-electron chi connectivity index (χ2n) is 5.51. The number of hydrogen-bond donors (Lipinski definition) is 0. The maximum atomic E-state index is 12.5. The molecule has 0 bridgehead atoms. The SMILES string of the molecule is Cn1nc(C(=O)N2CCOCC2)cc1-c1ccc2c(c1)OCO2. The minimum Gasteiger partial charge on any atom is -0.454 e. The maximum Gasteiger partial charge on any atom is 0.274 e. The van der Waals surface area contributed by atoms with Gasteiger partial charge in [-0.2, -0.15) is 5.10 Å². The van der Waals surface area contributed by atoms with Gasteiger partial charge in [-0.25, -0.2) is 0 Å². The first-order chi connectivity index (χ1) is 11.2. The van der Waals surface area contributed by atoms with Crippen LogP contribution in [-0.2, 0) is 11.8 Å². The third-order valence-corrected chi connectivity index (χ3v) is 4.07. The number of amides is 1. The number of benzene rings is 1. The normalized spacial score (nSPS) is 16.7. The van der Waals surface area contributed by atoms with E-state index in [9.17, 15) is 4.79 Å². The minimum atomic E-state index is -0.0594. The molecule has 1 aromatic carbocycles. The second kappa shape index (κ2) is 5.58. The van der Waals surface area contributed by atoms with Gasteiger partial charge in [0.1, 0.15) is 0 Å². The van der Waals surface area contributed by atoms with E-state index in [0.29, 0.717) is 37.7 Å². The van der Waals surface area contributed by atoms with Crippen LogP contribution in [0.1, 0.15) is 10.5 Å². The summed E-state index contributed by atoms with van der Waals surface area (Å²) in [5.74, 6) is 1.39. The molecule has 1 amide bonds. The third kappa shape index (κ3) is 2.53. The van der Waals surface area contributed by atoms with Crippen molar-refractivity contribution in [3.05, 3.63) is 30.0 Å². The number of morpholine rings is 1. The number of aryl methyl sites for hydroxylation is 1. The van der Waals surface area contributed by atoms with E-state index in [-0.39, 0.29) is 12.7 Å². The van der Waals surface area contributed by atoms with Crippen molar-refractivity contribution in [1.82, 2.24) is 14.7 Å². The van der Waals surface area contributed by atoms with Gasteiger partial charge in [-0.15, -0.1) is 0 Å². The van der Waals surface area contributed by atoms with Crippen LogP contribution >= 0.6 is 0 Å². The van der Waals surface area contributed by atoms with E-state index in [1.807, 2.05) is 31.3 Å². The minimum absolute atomic E-state index is 0.0594. The summed E-state index contributed by atoms with van der Waals surface area (Å²) in [5, 5.41) is 4.37. The molecule has 4 rings (SSSR count). The number of carbonyl (C=O) groups excluding carboxylic acids is 1. The molecule has 0 radical (unpaired) electrons. The highest BCUT2D eigenvalue weighted by atomic mass is 16.7. The van der Waals surface area contributed by atoms with Crippen LogP contribution in [0.2, 0.25) is 0 Å². The number of aromatic nitrogens is 2. The Morgan fingerprint density at radius 2 is 1.91 bits per heavy atom. The van der Waals surface area contributed by atoms with E-state index in [2.05, 4.69) is 5.10 Å². The highest BCUT2D eigenvalue weighted by molar-refractivity contribution is 5.93. The van der Waals surface area contributed by atoms with Gasteiger partial charge in [0.15, 0.2) is 17.2 Å². The van der Waals surface area contributed by atoms with Gasteiger partial charge in [0.05, 0.1) is 18.9 Å². The molecule has 120 valence electrons. The molecule has 1 aromatic heterocycles. The smallest absolute Gasteiger partial charge is 0.274 e. The Hall–Kier alpha value is -2.54. The van der Waals surface area contributed by atoms with Crippen LogP contribution in [0.5, 0.6) is 11.5 Å². The third-order valence-electron chi connectivity index (χ3n) is 4.07. The summed E-state index contributed by atoms with van der Waals surface area (Å²) in [5.41, 5.74) is 2.24. The van der Waals surface area contributed by atoms with Crippen molar-refractivity contribution in [3.8, 4) is 22.8 Å². The summed E-state index contributed by atoms with van der Waals surface area (Å²) in [4.78, 5) is 14.3. The first-order valence-corrected chi connectivity index (χ1v) is 7.53. The zero-order valence-electron chi connectivity index (χ0n) is 12.8. The van der Waals surface area contributed by atoms with Crippen LogP contribution in [0.4, 0.5) is 0 Å². The average molecular weight is 315 g/mol. The topological polar surface area (TPSA) is 65.8 Å². The standard InChI is InChI=1S/C16H17N3O4/c1-18-13(11-2-3-14-15(8-11)23-10-22-14)9-12(17-18)16(20)19-4-6-21-7-5-19/h2-3,8-9H,4-7,10H2,1H3. The number of carbonyl (C=O) groups is 1. The van der Waals surface area contributed by atoms with Gasteiger partial charge >= 0.3 is 0 Å². The summed E-state index contributed by atoms with van der Waals surface area (Å²) < 4.78 is 17.7. The lowest BCUT2D eigenvalue weighted by Crippen LogP contribution is -2.40. The molecule has 2 aliphatic rings. The highest BCUT2D eigenvalue weighted by Gasteiger charge is 2.23. The summed E-state index contributed by atoms with van der Waals surface area (Å²) >= 11 is 0. The Labute approximate surface area is 133 Å². The fourth-order valence-electron chi connectivity index (χ4n) is 2.83. The summed E-state index contributed by atoms with van der Waals surface area (Å²) in [6, 6.07) is 7.53. The first kappa shape index (κ1) is 14.1. The van der Waals surface area contributed by atoms with Crippen LogP contribution in [0.15, 0.2) is 24.3 Å². The fourth-order valence-corrected chi connectivity index (χ4v) is 2.83. The number of rotatable bonds is 2. The van der Waals surface area contributed by atoms with Crippen LogP contribution < -0.4 is 9.47 Å². The van der Waals surface area contributed by atoms with Crippen LogP contribution in [0.3, 0.4) is 0 Å². The molecule has 0 unspecified atom stereocenters. The summed E-state index contributed by atoms with van der Waals surface area (Å²) in [7, 11) is 1.83. The molecule has 0 saturated carbocycles. The molecule has 7 nitrogen and oxygen atoms in total. The first-order valence-electron chi connectivity index (χ1n) is 7.53. The molecule has 3 heterocycles. The van der Waals surface area contributed by atoms with E-state index in [1.165, 1.54) is 0 Å². The van der Waals surface area contributed by atoms with Crippen molar-refractivity contribution in [3.63, 3.8) is 0 Å².